The van der Waals surface area contributed by atoms with Crippen LogP contribution >= 0.6 is 11.6 Å². The van der Waals surface area contributed by atoms with E-state index >= 15 is 0 Å². The standard InChI is InChI=1S/C14H17ClN2/c1-14(2,3)13-12(9-17(4)16-13)10-5-7-11(15)8-6-10/h5-9H,1-4H3. The van der Waals surface area contributed by atoms with Crippen LogP contribution in [0, 0.1) is 0 Å². The molecular formula is C14H17ClN2. The van der Waals surface area contributed by atoms with E-state index in [1.165, 1.54) is 5.56 Å². The third-order valence-corrected chi connectivity index (χ3v) is 2.95. The highest BCUT2D eigenvalue weighted by atomic mass is 35.5. The summed E-state index contributed by atoms with van der Waals surface area (Å²) in [7, 11) is 1.95. The first kappa shape index (κ1) is 12.2. The van der Waals surface area contributed by atoms with E-state index in [0.29, 0.717) is 0 Å². The Kier molecular flexibility index (Phi) is 3.00. The van der Waals surface area contributed by atoms with Gasteiger partial charge in [0.25, 0.3) is 0 Å². The van der Waals surface area contributed by atoms with Crippen molar-refractivity contribution < 1.29 is 0 Å². The van der Waals surface area contributed by atoms with Crippen LogP contribution in [0.4, 0.5) is 0 Å². The van der Waals surface area contributed by atoms with Crippen molar-refractivity contribution in [2.45, 2.75) is 26.2 Å². The average Bonchev–Trinajstić information content (AvgIpc) is 2.61. The number of hydrogen-bond acceptors (Lipinski definition) is 1. The lowest BCUT2D eigenvalue weighted by Gasteiger charge is -2.17. The monoisotopic (exact) mass is 248 g/mol. The number of halogens is 1. The Hall–Kier alpha value is -1.28. The van der Waals surface area contributed by atoms with Crippen LogP contribution in [-0.4, -0.2) is 9.78 Å². The quantitative estimate of drug-likeness (QED) is 0.745. The predicted molar refractivity (Wildman–Crippen MR) is 72.4 cm³/mol. The van der Waals surface area contributed by atoms with E-state index in [4.69, 9.17) is 11.6 Å². The Morgan fingerprint density at radius 3 is 2.24 bits per heavy atom. The van der Waals surface area contributed by atoms with Gasteiger partial charge in [-0.25, -0.2) is 0 Å². The zero-order valence-electron chi connectivity index (χ0n) is 10.7. The summed E-state index contributed by atoms with van der Waals surface area (Å²) in [5, 5.41) is 5.32. The van der Waals surface area contributed by atoms with Gasteiger partial charge in [-0.3, -0.25) is 4.68 Å². The van der Waals surface area contributed by atoms with Crippen LogP contribution in [0.1, 0.15) is 26.5 Å². The minimum Gasteiger partial charge on any atom is -0.275 e. The summed E-state index contributed by atoms with van der Waals surface area (Å²) < 4.78 is 1.87. The van der Waals surface area contributed by atoms with Crippen molar-refractivity contribution in [1.29, 1.82) is 0 Å². The van der Waals surface area contributed by atoms with Gasteiger partial charge >= 0.3 is 0 Å². The Bertz CT molecular complexity index is 518. The normalized spacial score (nSPS) is 11.8. The highest BCUT2D eigenvalue weighted by Crippen LogP contribution is 2.32. The molecule has 1 aromatic heterocycles. The van der Waals surface area contributed by atoms with Crippen molar-refractivity contribution in [3.05, 3.63) is 41.2 Å². The molecule has 0 unspecified atom stereocenters. The van der Waals surface area contributed by atoms with Gasteiger partial charge in [-0.05, 0) is 17.7 Å². The number of aryl methyl sites for hydroxylation is 1. The lowest BCUT2D eigenvalue weighted by molar-refractivity contribution is 0.554. The zero-order valence-corrected chi connectivity index (χ0v) is 11.4. The smallest absolute Gasteiger partial charge is 0.0756 e. The molecular weight excluding hydrogens is 232 g/mol. The van der Waals surface area contributed by atoms with Gasteiger partial charge in [0.15, 0.2) is 0 Å². The number of benzene rings is 1. The van der Waals surface area contributed by atoms with E-state index in [0.717, 1.165) is 16.3 Å². The van der Waals surface area contributed by atoms with E-state index in [1.807, 2.05) is 36.0 Å². The summed E-state index contributed by atoms with van der Waals surface area (Å²) in [6, 6.07) is 7.90. The van der Waals surface area contributed by atoms with Gasteiger partial charge in [0.1, 0.15) is 0 Å². The maximum atomic E-state index is 5.91. The van der Waals surface area contributed by atoms with E-state index < -0.39 is 0 Å². The number of hydrogen-bond donors (Lipinski definition) is 0. The molecule has 1 heterocycles. The van der Waals surface area contributed by atoms with Crippen LogP contribution in [0.5, 0.6) is 0 Å². The van der Waals surface area contributed by atoms with Crippen LogP contribution in [0.3, 0.4) is 0 Å². The second-order valence-electron chi connectivity index (χ2n) is 5.32. The highest BCUT2D eigenvalue weighted by molar-refractivity contribution is 6.30. The van der Waals surface area contributed by atoms with Crippen LogP contribution in [0.25, 0.3) is 11.1 Å². The topological polar surface area (TPSA) is 17.8 Å². The molecule has 0 saturated carbocycles. The van der Waals surface area contributed by atoms with Gasteiger partial charge in [-0.2, -0.15) is 5.10 Å². The Balaban J connectivity index is 2.55. The van der Waals surface area contributed by atoms with Gasteiger partial charge in [-0.1, -0.05) is 44.5 Å². The molecule has 2 aromatic rings. The molecule has 0 N–H and O–H groups in total. The van der Waals surface area contributed by atoms with Crippen LogP contribution in [-0.2, 0) is 12.5 Å². The lowest BCUT2D eigenvalue weighted by Crippen LogP contribution is -2.13. The van der Waals surface area contributed by atoms with Gasteiger partial charge in [-0.15, -0.1) is 0 Å². The Morgan fingerprint density at radius 2 is 1.71 bits per heavy atom. The molecule has 2 rings (SSSR count). The van der Waals surface area contributed by atoms with Crippen molar-refractivity contribution in [1.82, 2.24) is 9.78 Å². The molecule has 3 heteroatoms. The van der Waals surface area contributed by atoms with Crippen molar-refractivity contribution in [2.24, 2.45) is 7.05 Å². The summed E-state index contributed by atoms with van der Waals surface area (Å²) >= 11 is 5.91. The lowest BCUT2D eigenvalue weighted by atomic mass is 9.87. The van der Waals surface area contributed by atoms with Crippen LogP contribution in [0.15, 0.2) is 30.5 Å². The summed E-state index contributed by atoms with van der Waals surface area (Å²) in [4.78, 5) is 0. The molecule has 0 fully saturated rings. The first-order valence-corrected chi connectivity index (χ1v) is 6.06. The molecule has 0 amide bonds. The van der Waals surface area contributed by atoms with Crippen molar-refractivity contribution in [3.8, 4) is 11.1 Å². The molecule has 90 valence electrons. The molecule has 0 aliphatic heterocycles. The molecule has 1 aromatic carbocycles. The Morgan fingerprint density at radius 1 is 1.12 bits per heavy atom. The SMILES string of the molecule is Cn1cc(-c2ccc(Cl)cc2)c(C(C)(C)C)n1. The number of nitrogens with zero attached hydrogens (tertiary/aromatic N) is 2. The third-order valence-electron chi connectivity index (χ3n) is 2.69. The molecule has 0 bridgehead atoms. The minimum absolute atomic E-state index is 0.0379. The second-order valence-corrected chi connectivity index (χ2v) is 5.76. The maximum Gasteiger partial charge on any atom is 0.0756 e. The molecule has 0 aliphatic rings. The first-order chi connectivity index (χ1) is 7.88. The van der Waals surface area contributed by atoms with E-state index in [9.17, 15) is 0 Å². The molecule has 2 nitrogen and oxygen atoms in total. The molecule has 0 atom stereocenters. The fourth-order valence-electron chi connectivity index (χ4n) is 1.88. The Labute approximate surface area is 107 Å². The minimum atomic E-state index is 0.0379. The van der Waals surface area contributed by atoms with Gasteiger partial charge in [0.2, 0.25) is 0 Å². The zero-order chi connectivity index (χ0) is 12.6. The van der Waals surface area contributed by atoms with Crippen molar-refractivity contribution >= 4 is 11.6 Å². The van der Waals surface area contributed by atoms with Crippen LogP contribution in [0.2, 0.25) is 5.02 Å². The number of aromatic nitrogens is 2. The summed E-state index contributed by atoms with van der Waals surface area (Å²) in [6.07, 6.45) is 2.06. The van der Waals surface area contributed by atoms with E-state index in [1.54, 1.807) is 0 Å². The average molecular weight is 249 g/mol. The summed E-state index contributed by atoms with van der Waals surface area (Å²) in [6.45, 7) is 6.53. The summed E-state index contributed by atoms with van der Waals surface area (Å²) in [5.74, 6) is 0. The number of rotatable bonds is 1. The predicted octanol–water partition coefficient (Wildman–Crippen LogP) is 4.04. The molecule has 0 radical (unpaired) electrons. The molecule has 17 heavy (non-hydrogen) atoms. The third kappa shape index (κ3) is 2.52. The van der Waals surface area contributed by atoms with Crippen molar-refractivity contribution in [3.63, 3.8) is 0 Å². The van der Waals surface area contributed by atoms with Gasteiger partial charge in [0, 0.05) is 29.2 Å². The fraction of sp³-hybridized carbons (Fsp3) is 0.357. The molecule has 0 saturated heterocycles. The highest BCUT2D eigenvalue weighted by Gasteiger charge is 2.22. The van der Waals surface area contributed by atoms with Crippen LogP contribution < -0.4 is 0 Å². The van der Waals surface area contributed by atoms with E-state index in [-0.39, 0.29) is 5.41 Å². The molecule has 0 aliphatic carbocycles. The molecule has 0 spiro atoms. The van der Waals surface area contributed by atoms with Gasteiger partial charge < -0.3 is 0 Å². The summed E-state index contributed by atoms with van der Waals surface area (Å²) in [5.41, 5.74) is 3.49. The first-order valence-electron chi connectivity index (χ1n) is 5.68. The second kappa shape index (κ2) is 4.19. The van der Waals surface area contributed by atoms with Gasteiger partial charge in [0.05, 0.1) is 5.69 Å². The van der Waals surface area contributed by atoms with E-state index in [2.05, 4.69) is 32.1 Å². The van der Waals surface area contributed by atoms with Crippen molar-refractivity contribution in [2.75, 3.05) is 0 Å². The largest absolute Gasteiger partial charge is 0.275 e. The maximum absolute atomic E-state index is 5.91. The fourth-order valence-corrected chi connectivity index (χ4v) is 2.01.